The smallest absolute Gasteiger partial charge is 0.271 e. The van der Waals surface area contributed by atoms with Gasteiger partial charge in [-0.3, -0.25) is 4.79 Å². The Morgan fingerprint density at radius 2 is 1.85 bits per heavy atom. The lowest BCUT2D eigenvalue weighted by Gasteiger charge is -2.02. The van der Waals surface area contributed by atoms with Crippen molar-refractivity contribution in [2.45, 2.75) is 0 Å². The van der Waals surface area contributed by atoms with Gasteiger partial charge in [-0.05, 0) is 36.4 Å². The molecule has 0 saturated carbocycles. The molecule has 0 aliphatic rings. The van der Waals surface area contributed by atoms with Crippen LogP contribution in [0.1, 0.15) is 15.9 Å². The Bertz CT molecular complexity index is 654. The minimum atomic E-state index is -0.367. The fourth-order valence-electron chi connectivity index (χ4n) is 1.48. The number of carbonyl (C=O) groups is 1. The minimum absolute atomic E-state index is 0.242. The van der Waals surface area contributed by atoms with Gasteiger partial charge in [0.25, 0.3) is 5.91 Å². The summed E-state index contributed by atoms with van der Waals surface area (Å²) in [5, 5.41) is 22.6. The van der Waals surface area contributed by atoms with E-state index in [0.717, 1.165) is 4.47 Å². The van der Waals surface area contributed by atoms with Crippen LogP contribution in [0.5, 0.6) is 11.5 Å². The third-order valence-corrected chi connectivity index (χ3v) is 3.05. The van der Waals surface area contributed by atoms with Gasteiger partial charge in [0.1, 0.15) is 0 Å². The van der Waals surface area contributed by atoms with Crippen LogP contribution in [0, 0.1) is 0 Å². The average molecular weight is 335 g/mol. The van der Waals surface area contributed by atoms with Crippen molar-refractivity contribution in [3.05, 3.63) is 58.1 Å². The van der Waals surface area contributed by atoms with Crippen molar-refractivity contribution >= 4 is 28.1 Å². The van der Waals surface area contributed by atoms with E-state index in [1.165, 1.54) is 12.3 Å². The highest BCUT2D eigenvalue weighted by molar-refractivity contribution is 9.10. The van der Waals surface area contributed by atoms with Gasteiger partial charge in [0.15, 0.2) is 11.5 Å². The molecule has 20 heavy (non-hydrogen) atoms. The minimum Gasteiger partial charge on any atom is -0.504 e. The molecule has 2 rings (SSSR count). The van der Waals surface area contributed by atoms with Crippen molar-refractivity contribution in [1.82, 2.24) is 5.43 Å². The molecular formula is C14H11BrN2O3. The van der Waals surface area contributed by atoms with Crippen molar-refractivity contribution < 1.29 is 15.0 Å². The normalized spacial score (nSPS) is 10.7. The van der Waals surface area contributed by atoms with E-state index in [0.29, 0.717) is 11.1 Å². The fourth-order valence-corrected chi connectivity index (χ4v) is 1.74. The van der Waals surface area contributed by atoms with Gasteiger partial charge in [0.2, 0.25) is 0 Å². The van der Waals surface area contributed by atoms with E-state index in [2.05, 4.69) is 26.5 Å². The van der Waals surface area contributed by atoms with Crippen LogP contribution in [0.2, 0.25) is 0 Å². The van der Waals surface area contributed by atoms with Gasteiger partial charge in [0.05, 0.1) is 6.21 Å². The van der Waals surface area contributed by atoms with Crippen LogP contribution in [0.25, 0.3) is 0 Å². The number of nitrogens with zero attached hydrogens (tertiary/aromatic N) is 1. The lowest BCUT2D eigenvalue weighted by atomic mass is 10.2. The van der Waals surface area contributed by atoms with Crippen LogP contribution in [-0.2, 0) is 0 Å². The van der Waals surface area contributed by atoms with Gasteiger partial charge in [-0.15, -0.1) is 0 Å². The van der Waals surface area contributed by atoms with E-state index in [1.807, 2.05) is 0 Å². The third kappa shape index (κ3) is 3.36. The number of phenols is 2. The Hall–Kier alpha value is -2.34. The van der Waals surface area contributed by atoms with Crippen molar-refractivity contribution in [3.63, 3.8) is 0 Å². The average Bonchev–Trinajstić information content (AvgIpc) is 2.44. The van der Waals surface area contributed by atoms with E-state index in [4.69, 9.17) is 0 Å². The number of carbonyl (C=O) groups excluding carboxylic acids is 1. The molecule has 5 nitrogen and oxygen atoms in total. The number of aromatic hydroxyl groups is 2. The molecule has 0 spiro atoms. The molecule has 0 saturated heterocycles. The molecule has 0 bridgehead atoms. The quantitative estimate of drug-likeness (QED) is 0.458. The van der Waals surface area contributed by atoms with Crippen molar-refractivity contribution in [2.75, 3.05) is 0 Å². The molecule has 0 aliphatic carbocycles. The van der Waals surface area contributed by atoms with Crippen LogP contribution in [-0.4, -0.2) is 22.3 Å². The van der Waals surface area contributed by atoms with Crippen LogP contribution in [0.15, 0.2) is 52.0 Å². The maximum absolute atomic E-state index is 11.7. The summed E-state index contributed by atoms with van der Waals surface area (Å²) in [6, 6.07) is 11.3. The van der Waals surface area contributed by atoms with Gasteiger partial charge in [0, 0.05) is 15.6 Å². The molecule has 6 heteroatoms. The Morgan fingerprint density at radius 1 is 1.15 bits per heavy atom. The molecule has 102 valence electrons. The molecule has 0 aliphatic heterocycles. The molecule has 0 heterocycles. The number of benzene rings is 2. The van der Waals surface area contributed by atoms with Gasteiger partial charge < -0.3 is 10.2 Å². The fraction of sp³-hybridized carbons (Fsp3) is 0. The van der Waals surface area contributed by atoms with Crippen molar-refractivity contribution in [1.29, 1.82) is 0 Å². The van der Waals surface area contributed by atoms with Crippen molar-refractivity contribution in [2.24, 2.45) is 5.10 Å². The number of rotatable bonds is 3. The third-order valence-electron chi connectivity index (χ3n) is 2.52. The zero-order chi connectivity index (χ0) is 14.5. The summed E-state index contributed by atoms with van der Waals surface area (Å²) < 4.78 is 0.877. The lowest BCUT2D eigenvalue weighted by Crippen LogP contribution is -2.17. The lowest BCUT2D eigenvalue weighted by molar-refractivity contribution is 0.0955. The van der Waals surface area contributed by atoms with E-state index >= 15 is 0 Å². The Morgan fingerprint density at radius 3 is 2.55 bits per heavy atom. The zero-order valence-electron chi connectivity index (χ0n) is 10.2. The van der Waals surface area contributed by atoms with E-state index in [1.54, 1.807) is 36.4 Å². The first kappa shape index (κ1) is 14.1. The second-order valence-electron chi connectivity index (χ2n) is 3.92. The van der Waals surface area contributed by atoms with E-state index < -0.39 is 0 Å². The number of phenolic OH excluding ortho intramolecular Hbond substituents is 2. The van der Waals surface area contributed by atoms with Gasteiger partial charge in [-0.1, -0.05) is 22.0 Å². The van der Waals surface area contributed by atoms with E-state index in [-0.39, 0.29) is 17.4 Å². The Balaban J connectivity index is 2.04. The number of hydrogen-bond acceptors (Lipinski definition) is 4. The van der Waals surface area contributed by atoms with Gasteiger partial charge in [-0.25, -0.2) is 5.43 Å². The summed E-state index contributed by atoms with van der Waals surface area (Å²) >= 11 is 3.28. The highest BCUT2D eigenvalue weighted by Gasteiger charge is 2.05. The number of para-hydroxylation sites is 1. The molecule has 1 amide bonds. The largest absolute Gasteiger partial charge is 0.504 e. The van der Waals surface area contributed by atoms with Crippen LogP contribution in [0.4, 0.5) is 0 Å². The molecular weight excluding hydrogens is 324 g/mol. The first-order valence-electron chi connectivity index (χ1n) is 5.68. The SMILES string of the molecule is O=C(N/N=C/c1cccc(O)c1O)c1ccc(Br)cc1. The highest BCUT2D eigenvalue weighted by atomic mass is 79.9. The molecule has 0 unspecified atom stereocenters. The number of nitrogens with one attached hydrogen (secondary N) is 1. The molecule has 0 aromatic heterocycles. The molecule has 0 radical (unpaired) electrons. The predicted octanol–water partition coefficient (Wildman–Crippen LogP) is 2.62. The summed E-state index contributed by atoms with van der Waals surface area (Å²) in [4.78, 5) is 11.7. The molecule has 0 fully saturated rings. The van der Waals surface area contributed by atoms with Gasteiger partial charge >= 0.3 is 0 Å². The number of hydrogen-bond donors (Lipinski definition) is 3. The second-order valence-corrected chi connectivity index (χ2v) is 4.84. The second kappa shape index (κ2) is 6.21. The summed E-state index contributed by atoms with van der Waals surface area (Å²) in [6.07, 6.45) is 1.26. The summed E-state index contributed by atoms with van der Waals surface area (Å²) in [6.45, 7) is 0. The molecule has 3 N–H and O–H groups in total. The summed E-state index contributed by atoms with van der Waals surface area (Å²) in [7, 11) is 0. The summed E-state index contributed by atoms with van der Waals surface area (Å²) in [5.41, 5.74) is 3.11. The number of hydrazone groups is 1. The summed E-state index contributed by atoms with van der Waals surface area (Å²) in [5.74, 6) is -0.893. The maximum atomic E-state index is 11.7. The molecule has 0 atom stereocenters. The van der Waals surface area contributed by atoms with Crippen molar-refractivity contribution in [3.8, 4) is 11.5 Å². The zero-order valence-corrected chi connectivity index (χ0v) is 11.8. The molecule has 2 aromatic rings. The highest BCUT2D eigenvalue weighted by Crippen LogP contribution is 2.26. The predicted molar refractivity (Wildman–Crippen MR) is 79.0 cm³/mol. The Labute approximate surface area is 123 Å². The number of amides is 1. The Kier molecular flexibility index (Phi) is 4.37. The monoisotopic (exact) mass is 334 g/mol. The van der Waals surface area contributed by atoms with E-state index in [9.17, 15) is 15.0 Å². The first-order valence-corrected chi connectivity index (χ1v) is 6.47. The maximum Gasteiger partial charge on any atom is 0.271 e. The number of halogens is 1. The first-order chi connectivity index (χ1) is 9.58. The van der Waals surface area contributed by atoms with Crippen LogP contribution >= 0.6 is 15.9 Å². The molecule has 2 aromatic carbocycles. The van der Waals surface area contributed by atoms with Gasteiger partial charge in [-0.2, -0.15) is 5.10 Å². The van der Waals surface area contributed by atoms with Crippen LogP contribution in [0.3, 0.4) is 0 Å². The topological polar surface area (TPSA) is 81.9 Å². The van der Waals surface area contributed by atoms with Crippen LogP contribution < -0.4 is 5.43 Å². The standard InChI is InChI=1S/C14H11BrN2O3/c15-11-6-4-9(5-7-11)14(20)17-16-8-10-2-1-3-12(18)13(10)19/h1-8,18-19H,(H,17,20)/b16-8+.